The maximum atomic E-state index is 10.9. The van der Waals surface area contributed by atoms with Crippen molar-refractivity contribution in [2.45, 2.75) is 211 Å². The van der Waals surface area contributed by atoms with Crippen molar-refractivity contribution < 1.29 is 15.3 Å². The fraction of sp³-hybridized carbons (Fsp3) is 1.00. The second-order valence-electron chi connectivity index (χ2n) is 12.5. The van der Waals surface area contributed by atoms with E-state index in [2.05, 4.69) is 13.8 Å². The molecule has 2 unspecified atom stereocenters. The summed E-state index contributed by atoms with van der Waals surface area (Å²) >= 11 is 0. The van der Waals surface area contributed by atoms with E-state index in [1.165, 1.54) is 128 Å². The van der Waals surface area contributed by atoms with E-state index in [4.69, 9.17) is 5.73 Å². The minimum absolute atomic E-state index is 0.0952. The molecule has 0 aliphatic heterocycles. The van der Waals surface area contributed by atoms with Crippen molar-refractivity contribution >= 4 is 0 Å². The Morgan fingerprint density at radius 1 is 0.447 bits per heavy atom. The Bertz CT molecular complexity index is 423. The number of hydrogen-bond acceptors (Lipinski definition) is 4. The lowest BCUT2D eigenvalue weighted by Gasteiger charge is -2.31. The van der Waals surface area contributed by atoms with Crippen LogP contribution in [0.2, 0.25) is 0 Å². The second-order valence-corrected chi connectivity index (χ2v) is 12.5. The van der Waals surface area contributed by atoms with Gasteiger partial charge in [0.2, 0.25) is 0 Å². The molecule has 4 nitrogen and oxygen atoms in total. The van der Waals surface area contributed by atoms with Gasteiger partial charge >= 0.3 is 0 Å². The van der Waals surface area contributed by atoms with Gasteiger partial charge in [-0.3, -0.25) is 0 Å². The standard InChI is InChI=1S/C34H71NO3/c1-3-5-7-9-11-13-15-17-19-21-23-25-27-32(36)29-34(38,31-35)30-33(37)28-26-24-22-20-18-16-14-12-10-8-6-4-2/h32-33,36-38H,3-31,35H2,1-2H3. The molecule has 0 aliphatic rings. The van der Waals surface area contributed by atoms with Crippen LogP contribution in [0, 0.1) is 0 Å². The van der Waals surface area contributed by atoms with Gasteiger partial charge in [0.15, 0.2) is 0 Å². The van der Waals surface area contributed by atoms with Gasteiger partial charge in [-0.2, -0.15) is 0 Å². The number of aliphatic hydroxyl groups is 3. The number of rotatable bonds is 31. The molecule has 0 aromatic rings. The van der Waals surface area contributed by atoms with Crippen LogP contribution in [-0.4, -0.2) is 39.7 Å². The van der Waals surface area contributed by atoms with Crippen molar-refractivity contribution in [1.82, 2.24) is 0 Å². The van der Waals surface area contributed by atoms with E-state index in [1.54, 1.807) is 0 Å². The van der Waals surface area contributed by atoms with Crippen LogP contribution in [-0.2, 0) is 0 Å². The molecule has 0 fully saturated rings. The Morgan fingerprint density at radius 2 is 0.684 bits per heavy atom. The molecular weight excluding hydrogens is 470 g/mol. The molecule has 0 saturated carbocycles. The summed E-state index contributed by atoms with van der Waals surface area (Å²) in [7, 11) is 0. The molecular formula is C34H71NO3. The molecule has 230 valence electrons. The normalized spacial score (nSPS) is 15.0. The Labute approximate surface area is 239 Å². The molecule has 0 aromatic heterocycles. The van der Waals surface area contributed by atoms with Crippen molar-refractivity contribution in [1.29, 1.82) is 0 Å². The van der Waals surface area contributed by atoms with Gasteiger partial charge < -0.3 is 21.1 Å². The summed E-state index contributed by atoms with van der Waals surface area (Å²) in [4.78, 5) is 0. The average Bonchev–Trinajstić information content (AvgIpc) is 2.89. The fourth-order valence-corrected chi connectivity index (χ4v) is 5.77. The van der Waals surface area contributed by atoms with E-state index < -0.39 is 17.8 Å². The molecule has 4 heteroatoms. The molecule has 0 saturated heterocycles. The molecule has 0 radical (unpaired) electrons. The first-order valence-corrected chi connectivity index (χ1v) is 17.3. The molecule has 38 heavy (non-hydrogen) atoms. The van der Waals surface area contributed by atoms with Gasteiger partial charge in [0.1, 0.15) is 0 Å². The van der Waals surface area contributed by atoms with Gasteiger partial charge in [0, 0.05) is 19.4 Å². The molecule has 0 bridgehead atoms. The molecule has 2 atom stereocenters. The van der Waals surface area contributed by atoms with Crippen molar-refractivity contribution in [3.63, 3.8) is 0 Å². The molecule has 0 heterocycles. The lowest BCUT2D eigenvalue weighted by molar-refractivity contribution is -0.0421. The van der Waals surface area contributed by atoms with Gasteiger partial charge in [-0.1, -0.05) is 168 Å². The number of unbranched alkanes of at least 4 members (excludes halogenated alkanes) is 22. The van der Waals surface area contributed by atoms with Crippen LogP contribution in [0.5, 0.6) is 0 Å². The highest BCUT2D eigenvalue weighted by Gasteiger charge is 2.31. The third-order valence-electron chi connectivity index (χ3n) is 8.39. The van der Waals surface area contributed by atoms with E-state index in [0.29, 0.717) is 12.8 Å². The molecule has 5 N–H and O–H groups in total. The van der Waals surface area contributed by atoms with Crippen LogP contribution in [0.15, 0.2) is 0 Å². The highest BCUT2D eigenvalue weighted by atomic mass is 16.3. The van der Waals surface area contributed by atoms with Crippen LogP contribution < -0.4 is 5.73 Å². The predicted octanol–water partition coefficient (Wildman–Crippen LogP) is 9.36. The lowest BCUT2D eigenvalue weighted by Crippen LogP contribution is -2.43. The number of hydrogen-bond donors (Lipinski definition) is 4. The quantitative estimate of drug-likeness (QED) is 0.0658. The van der Waals surface area contributed by atoms with Crippen LogP contribution in [0.25, 0.3) is 0 Å². The zero-order valence-electron chi connectivity index (χ0n) is 26.1. The number of nitrogens with two attached hydrogens (primary N) is 1. The van der Waals surface area contributed by atoms with Crippen LogP contribution in [0.1, 0.15) is 194 Å². The van der Waals surface area contributed by atoms with E-state index in [1.807, 2.05) is 0 Å². The molecule has 0 rings (SSSR count). The van der Waals surface area contributed by atoms with Crippen LogP contribution in [0.3, 0.4) is 0 Å². The Hall–Kier alpha value is -0.160. The first-order valence-electron chi connectivity index (χ1n) is 17.3. The summed E-state index contributed by atoms with van der Waals surface area (Å²) < 4.78 is 0. The Kier molecular flexibility index (Phi) is 28.3. The summed E-state index contributed by atoms with van der Waals surface area (Å²) in [6.45, 7) is 4.63. The second kappa shape index (κ2) is 28.4. The summed E-state index contributed by atoms with van der Waals surface area (Å²) in [5.74, 6) is 0. The van der Waals surface area contributed by atoms with Crippen LogP contribution in [0.4, 0.5) is 0 Å². The molecule has 0 aliphatic carbocycles. The maximum Gasteiger partial charge on any atom is 0.0818 e. The monoisotopic (exact) mass is 542 g/mol. The van der Waals surface area contributed by atoms with Gasteiger partial charge in [0.05, 0.1) is 17.8 Å². The minimum Gasteiger partial charge on any atom is -0.393 e. The maximum absolute atomic E-state index is 10.9. The third-order valence-corrected chi connectivity index (χ3v) is 8.39. The van der Waals surface area contributed by atoms with Crippen molar-refractivity contribution in [2.24, 2.45) is 5.73 Å². The van der Waals surface area contributed by atoms with Crippen molar-refractivity contribution in [2.75, 3.05) is 6.54 Å². The predicted molar refractivity (Wildman–Crippen MR) is 167 cm³/mol. The first kappa shape index (κ1) is 37.8. The zero-order valence-corrected chi connectivity index (χ0v) is 26.1. The zero-order chi connectivity index (χ0) is 28.2. The van der Waals surface area contributed by atoms with Crippen molar-refractivity contribution in [3.8, 4) is 0 Å². The summed E-state index contributed by atoms with van der Waals surface area (Å²) in [6, 6.07) is 0. The third kappa shape index (κ3) is 26.1. The molecule has 0 amide bonds. The van der Waals surface area contributed by atoms with Gasteiger partial charge in [-0.15, -0.1) is 0 Å². The highest BCUT2D eigenvalue weighted by molar-refractivity contribution is 4.85. The first-order chi connectivity index (χ1) is 18.5. The Balaban J connectivity index is 3.70. The van der Waals surface area contributed by atoms with Gasteiger partial charge in [-0.05, 0) is 12.8 Å². The Morgan fingerprint density at radius 3 is 0.921 bits per heavy atom. The van der Waals surface area contributed by atoms with E-state index in [0.717, 1.165) is 25.7 Å². The lowest BCUT2D eigenvalue weighted by atomic mass is 9.87. The molecule has 0 spiro atoms. The summed E-state index contributed by atoms with van der Waals surface area (Å²) in [6.07, 6.45) is 32.2. The van der Waals surface area contributed by atoms with Gasteiger partial charge in [-0.25, -0.2) is 0 Å². The SMILES string of the molecule is CCCCCCCCCCCCCCC(O)CC(O)(CN)CC(O)CCCCCCCCCCCCCC. The smallest absolute Gasteiger partial charge is 0.0818 e. The summed E-state index contributed by atoms with van der Waals surface area (Å²) in [5, 5.41) is 31.9. The molecule has 0 aromatic carbocycles. The fourth-order valence-electron chi connectivity index (χ4n) is 5.77. The van der Waals surface area contributed by atoms with E-state index in [-0.39, 0.29) is 19.4 Å². The highest BCUT2D eigenvalue weighted by Crippen LogP contribution is 2.24. The summed E-state index contributed by atoms with van der Waals surface area (Å²) in [5.41, 5.74) is 4.71. The van der Waals surface area contributed by atoms with Crippen molar-refractivity contribution in [3.05, 3.63) is 0 Å². The van der Waals surface area contributed by atoms with Crippen LogP contribution >= 0.6 is 0 Å². The van der Waals surface area contributed by atoms with Gasteiger partial charge in [0.25, 0.3) is 0 Å². The number of aliphatic hydroxyl groups excluding tert-OH is 2. The minimum atomic E-state index is -1.16. The van der Waals surface area contributed by atoms with E-state index in [9.17, 15) is 15.3 Å². The average molecular weight is 542 g/mol. The largest absolute Gasteiger partial charge is 0.393 e. The topological polar surface area (TPSA) is 86.7 Å². The van der Waals surface area contributed by atoms with E-state index >= 15 is 0 Å².